The Bertz CT molecular complexity index is 527. The second-order valence-corrected chi connectivity index (χ2v) is 8.36. The highest BCUT2D eigenvalue weighted by Gasteiger charge is 2.26. The Morgan fingerprint density at radius 3 is 2.62 bits per heavy atom. The van der Waals surface area contributed by atoms with E-state index >= 15 is 0 Å². The van der Waals surface area contributed by atoms with Crippen LogP contribution < -0.4 is 10.6 Å². The molecule has 1 aromatic heterocycles. The van der Waals surface area contributed by atoms with E-state index < -0.39 is 0 Å². The number of likely N-dealkylation sites (tertiary alicyclic amines) is 1. The normalized spacial score (nSPS) is 21.8. The number of thiazole rings is 1. The molecule has 0 bridgehead atoms. The van der Waals surface area contributed by atoms with Gasteiger partial charge in [-0.25, -0.2) is 4.98 Å². The molecular formula is C18H31N5S. The molecule has 1 aliphatic heterocycles. The number of guanidine groups is 1. The van der Waals surface area contributed by atoms with Gasteiger partial charge in [-0.1, -0.05) is 19.3 Å². The lowest BCUT2D eigenvalue weighted by Gasteiger charge is -2.39. The van der Waals surface area contributed by atoms with Gasteiger partial charge >= 0.3 is 0 Å². The zero-order valence-corrected chi connectivity index (χ0v) is 15.9. The van der Waals surface area contributed by atoms with Crippen LogP contribution >= 0.6 is 11.3 Å². The quantitative estimate of drug-likeness (QED) is 0.648. The fraction of sp³-hybridized carbons (Fsp3) is 0.778. The second-order valence-electron chi connectivity index (χ2n) is 7.04. The Hall–Kier alpha value is -1.14. The molecule has 2 aliphatic rings. The van der Waals surface area contributed by atoms with Gasteiger partial charge in [0.25, 0.3) is 0 Å². The maximum atomic E-state index is 4.40. The van der Waals surface area contributed by atoms with Crippen LogP contribution in [0.1, 0.15) is 54.8 Å². The molecule has 2 heterocycles. The van der Waals surface area contributed by atoms with Crippen LogP contribution in [0, 0.1) is 6.92 Å². The summed E-state index contributed by atoms with van der Waals surface area (Å²) in [6, 6.07) is 1.39. The van der Waals surface area contributed by atoms with Gasteiger partial charge in [-0.15, -0.1) is 11.3 Å². The summed E-state index contributed by atoms with van der Waals surface area (Å²) in [6.45, 7) is 5.30. The lowest BCUT2D eigenvalue weighted by Crippen LogP contribution is -2.50. The van der Waals surface area contributed by atoms with E-state index in [9.17, 15) is 0 Å². The molecule has 0 amide bonds. The van der Waals surface area contributed by atoms with E-state index in [0.29, 0.717) is 6.04 Å². The van der Waals surface area contributed by atoms with Gasteiger partial charge in [-0.05, 0) is 32.6 Å². The number of hydrogen-bond donors (Lipinski definition) is 2. The van der Waals surface area contributed by atoms with Crippen LogP contribution in [0.3, 0.4) is 0 Å². The minimum Gasteiger partial charge on any atom is -0.354 e. The highest BCUT2D eigenvalue weighted by molar-refractivity contribution is 7.11. The maximum Gasteiger partial charge on any atom is 0.191 e. The molecule has 0 unspecified atom stereocenters. The third-order valence-electron chi connectivity index (χ3n) is 5.26. The van der Waals surface area contributed by atoms with Crippen molar-refractivity contribution in [3.8, 4) is 0 Å². The van der Waals surface area contributed by atoms with Crippen molar-refractivity contribution in [2.45, 2.75) is 70.5 Å². The van der Waals surface area contributed by atoms with E-state index in [1.54, 1.807) is 11.3 Å². The lowest BCUT2D eigenvalue weighted by atomic mass is 9.92. The van der Waals surface area contributed by atoms with Gasteiger partial charge < -0.3 is 15.5 Å². The molecule has 5 nitrogen and oxygen atoms in total. The third-order valence-corrected chi connectivity index (χ3v) is 6.17. The monoisotopic (exact) mass is 349 g/mol. The minimum atomic E-state index is 0.536. The Balaban J connectivity index is 1.40. The predicted octanol–water partition coefficient (Wildman–Crippen LogP) is 2.91. The predicted molar refractivity (Wildman–Crippen MR) is 102 cm³/mol. The number of aliphatic imine (C=N–C) groups is 1. The zero-order valence-electron chi connectivity index (χ0n) is 15.1. The molecule has 1 saturated carbocycles. The first-order valence-corrected chi connectivity index (χ1v) is 10.2. The van der Waals surface area contributed by atoms with Gasteiger partial charge in [-0.3, -0.25) is 4.99 Å². The van der Waals surface area contributed by atoms with Crippen LogP contribution in [-0.4, -0.2) is 48.1 Å². The smallest absolute Gasteiger partial charge is 0.191 e. The van der Waals surface area contributed by atoms with Crippen LogP contribution in [-0.2, 0) is 6.54 Å². The standard InChI is InChI=1S/C18H31N5S/c1-14-12-20-17(24-14)13-21-18(19-2)22-15-8-10-23(11-9-15)16-6-4-3-5-7-16/h12,15-16H,3-11,13H2,1-2H3,(H2,19,21,22). The van der Waals surface area contributed by atoms with Crippen molar-refractivity contribution in [2.24, 2.45) is 4.99 Å². The van der Waals surface area contributed by atoms with E-state index in [-0.39, 0.29) is 0 Å². The number of hydrogen-bond acceptors (Lipinski definition) is 4. The van der Waals surface area contributed by atoms with Crippen molar-refractivity contribution in [3.63, 3.8) is 0 Å². The van der Waals surface area contributed by atoms with Crippen molar-refractivity contribution < 1.29 is 0 Å². The van der Waals surface area contributed by atoms with Crippen molar-refractivity contribution in [1.82, 2.24) is 20.5 Å². The molecule has 6 heteroatoms. The van der Waals surface area contributed by atoms with E-state index in [1.807, 2.05) is 13.2 Å². The van der Waals surface area contributed by atoms with E-state index in [2.05, 4.69) is 32.4 Å². The SMILES string of the molecule is CN=C(NCc1ncc(C)s1)NC1CCN(C2CCCCC2)CC1. The molecule has 0 radical (unpaired) electrons. The Labute approximate surface area is 150 Å². The van der Waals surface area contributed by atoms with Crippen LogP contribution in [0.15, 0.2) is 11.2 Å². The van der Waals surface area contributed by atoms with Gasteiger partial charge in [0.15, 0.2) is 5.96 Å². The molecule has 2 fully saturated rings. The summed E-state index contributed by atoms with van der Waals surface area (Å²) < 4.78 is 0. The number of aromatic nitrogens is 1. The lowest BCUT2D eigenvalue weighted by molar-refractivity contribution is 0.119. The van der Waals surface area contributed by atoms with Crippen molar-refractivity contribution in [1.29, 1.82) is 0 Å². The summed E-state index contributed by atoms with van der Waals surface area (Å²) in [7, 11) is 1.85. The fourth-order valence-electron chi connectivity index (χ4n) is 3.89. The summed E-state index contributed by atoms with van der Waals surface area (Å²) in [4.78, 5) is 12.8. The summed E-state index contributed by atoms with van der Waals surface area (Å²) >= 11 is 1.74. The second kappa shape index (κ2) is 8.81. The first kappa shape index (κ1) is 17.7. The molecule has 1 aromatic rings. The Kier molecular flexibility index (Phi) is 6.49. The average Bonchev–Trinajstić information content (AvgIpc) is 3.05. The zero-order chi connectivity index (χ0) is 16.8. The molecule has 24 heavy (non-hydrogen) atoms. The maximum absolute atomic E-state index is 4.40. The Morgan fingerprint density at radius 1 is 1.25 bits per heavy atom. The molecule has 0 aromatic carbocycles. The minimum absolute atomic E-state index is 0.536. The number of nitrogens with zero attached hydrogens (tertiary/aromatic N) is 3. The summed E-state index contributed by atoms with van der Waals surface area (Å²) in [5.74, 6) is 0.902. The average molecular weight is 350 g/mol. The van der Waals surface area contributed by atoms with Crippen molar-refractivity contribution in [2.75, 3.05) is 20.1 Å². The van der Waals surface area contributed by atoms with Crippen LogP contribution in [0.4, 0.5) is 0 Å². The van der Waals surface area contributed by atoms with E-state index in [4.69, 9.17) is 0 Å². The molecule has 1 aliphatic carbocycles. The van der Waals surface area contributed by atoms with Gasteiger partial charge in [0, 0.05) is 43.3 Å². The number of rotatable bonds is 4. The molecule has 2 N–H and O–H groups in total. The largest absolute Gasteiger partial charge is 0.354 e. The fourth-order valence-corrected chi connectivity index (χ4v) is 4.61. The summed E-state index contributed by atoms with van der Waals surface area (Å²) in [5, 5.41) is 8.10. The topological polar surface area (TPSA) is 52.6 Å². The van der Waals surface area contributed by atoms with Gasteiger partial charge in [0.2, 0.25) is 0 Å². The molecule has 134 valence electrons. The van der Waals surface area contributed by atoms with Gasteiger partial charge in [0.1, 0.15) is 5.01 Å². The summed E-state index contributed by atoms with van der Waals surface area (Å²) in [5.41, 5.74) is 0. The summed E-state index contributed by atoms with van der Waals surface area (Å²) in [6.07, 6.45) is 11.5. The van der Waals surface area contributed by atoms with E-state index in [1.165, 1.54) is 62.9 Å². The Morgan fingerprint density at radius 2 is 2.00 bits per heavy atom. The molecule has 1 saturated heterocycles. The molecule has 0 atom stereocenters. The number of nitrogens with one attached hydrogen (secondary N) is 2. The van der Waals surface area contributed by atoms with Crippen molar-refractivity contribution >= 4 is 17.3 Å². The number of piperidine rings is 1. The van der Waals surface area contributed by atoms with Gasteiger partial charge in [-0.2, -0.15) is 0 Å². The van der Waals surface area contributed by atoms with Crippen LogP contribution in [0.25, 0.3) is 0 Å². The van der Waals surface area contributed by atoms with Crippen LogP contribution in [0.2, 0.25) is 0 Å². The highest BCUT2D eigenvalue weighted by Crippen LogP contribution is 2.25. The molecule has 0 spiro atoms. The highest BCUT2D eigenvalue weighted by atomic mass is 32.1. The third kappa shape index (κ3) is 4.93. The van der Waals surface area contributed by atoms with E-state index in [0.717, 1.165) is 23.6 Å². The van der Waals surface area contributed by atoms with Crippen LogP contribution in [0.5, 0.6) is 0 Å². The first-order chi connectivity index (χ1) is 11.7. The number of aryl methyl sites for hydroxylation is 1. The molecule has 3 rings (SSSR count). The molecular weight excluding hydrogens is 318 g/mol. The first-order valence-electron chi connectivity index (χ1n) is 9.37. The van der Waals surface area contributed by atoms with Crippen molar-refractivity contribution in [3.05, 3.63) is 16.1 Å². The van der Waals surface area contributed by atoms with Gasteiger partial charge in [0.05, 0.1) is 6.54 Å².